The fourth-order valence-corrected chi connectivity index (χ4v) is 4.18. The number of amides is 3. The molecule has 0 saturated heterocycles. The Morgan fingerprint density at radius 2 is 1.51 bits per heavy atom. The van der Waals surface area contributed by atoms with Crippen molar-refractivity contribution in [3.05, 3.63) is 95.6 Å². The van der Waals surface area contributed by atoms with Crippen molar-refractivity contribution in [2.45, 2.75) is 4.90 Å². The fourth-order valence-electron chi connectivity index (χ4n) is 3.67. The lowest BCUT2D eigenvalue weighted by atomic mass is 10.1. The molecule has 4 aromatic carbocycles. The summed E-state index contributed by atoms with van der Waals surface area (Å²) < 4.78 is 37.3. The number of carbonyl (C=O) groups is 3. The SMILES string of the molecule is COc1cccc(C(=O)Nc2cc(C(N)=O)cc(C(=O)Nc3cccc4cc(S(=O)(=O)O)ccc34)c2)c1. The highest BCUT2D eigenvalue weighted by Crippen LogP contribution is 2.27. The lowest BCUT2D eigenvalue weighted by molar-refractivity contribution is 0.0996. The topological polar surface area (TPSA) is 165 Å². The monoisotopic (exact) mass is 519 g/mol. The average molecular weight is 520 g/mol. The third-order valence-electron chi connectivity index (χ3n) is 5.47. The van der Waals surface area contributed by atoms with Gasteiger partial charge in [0.1, 0.15) is 5.75 Å². The molecule has 0 unspecified atom stereocenters. The van der Waals surface area contributed by atoms with Gasteiger partial charge in [0.25, 0.3) is 21.9 Å². The molecule has 0 saturated carbocycles. The third-order valence-corrected chi connectivity index (χ3v) is 6.32. The molecule has 37 heavy (non-hydrogen) atoms. The molecule has 11 heteroatoms. The standard InChI is InChI=1S/C26H21N3O7S/c1-36-20-6-2-5-16(13-20)25(31)28-19-11-17(24(27)30)10-18(12-19)26(32)29-23-7-3-4-15-14-21(37(33,34)35)8-9-22(15)23/h2-14H,1H3,(H2,27,30)(H,28,31)(H,29,32)(H,33,34,35). The molecule has 5 N–H and O–H groups in total. The number of nitrogens with two attached hydrogens (primary N) is 1. The smallest absolute Gasteiger partial charge is 0.294 e. The summed E-state index contributed by atoms with van der Waals surface area (Å²) in [4.78, 5) is 37.5. The molecule has 0 bridgehead atoms. The molecule has 4 aromatic rings. The predicted molar refractivity (Wildman–Crippen MR) is 138 cm³/mol. The Balaban J connectivity index is 1.65. The van der Waals surface area contributed by atoms with Crippen molar-refractivity contribution in [1.82, 2.24) is 0 Å². The molecule has 0 heterocycles. The maximum absolute atomic E-state index is 13.1. The van der Waals surface area contributed by atoms with Gasteiger partial charge in [0.2, 0.25) is 5.91 Å². The number of ether oxygens (including phenoxy) is 1. The largest absolute Gasteiger partial charge is 0.497 e. The van der Waals surface area contributed by atoms with E-state index >= 15 is 0 Å². The quantitative estimate of drug-likeness (QED) is 0.270. The zero-order valence-electron chi connectivity index (χ0n) is 19.4. The number of hydrogen-bond acceptors (Lipinski definition) is 6. The number of nitrogens with one attached hydrogen (secondary N) is 2. The molecule has 0 aliphatic carbocycles. The highest BCUT2D eigenvalue weighted by atomic mass is 32.2. The zero-order valence-corrected chi connectivity index (χ0v) is 20.2. The van der Waals surface area contributed by atoms with Crippen LogP contribution in [-0.2, 0) is 10.1 Å². The second-order valence-corrected chi connectivity index (χ2v) is 9.39. The van der Waals surface area contributed by atoms with E-state index in [1.54, 1.807) is 36.4 Å². The molecule has 0 atom stereocenters. The molecule has 0 aliphatic heterocycles. The molecule has 10 nitrogen and oxygen atoms in total. The van der Waals surface area contributed by atoms with Gasteiger partial charge in [-0.15, -0.1) is 0 Å². The van der Waals surface area contributed by atoms with Gasteiger partial charge in [0.05, 0.1) is 12.0 Å². The second kappa shape index (κ2) is 10.1. The fraction of sp³-hybridized carbons (Fsp3) is 0.0385. The Labute approximate surface area is 211 Å². The number of fused-ring (bicyclic) bond motifs is 1. The minimum atomic E-state index is -4.40. The van der Waals surface area contributed by atoms with E-state index in [2.05, 4.69) is 10.6 Å². The van der Waals surface area contributed by atoms with Crippen molar-refractivity contribution in [1.29, 1.82) is 0 Å². The van der Waals surface area contributed by atoms with E-state index in [9.17, 15) is 27.4 Å². The van der Waals surface area contributed by atoms with Crippen LogP contribution in [0.1, 0.15) is 31.1 Å². The lowest BCUT2D eigenvalue weighted by Gasteiger charge is -2.12. The van der Waals surface area contributed by atoms with Crippen LogP contribution in [0.3, 0.4) is 0 Å². The van der Waals surface area contributed by atoms with Crippen molar-refractivity contribution in [3.63, 3.8) is 0 Å². The summed E-state index contributed by atoms with van der Waals surface area (Å²) in [5, 5.41) is 6.35. The van der Waals surface area contributed by atoms with Crippen LogP contribution in [0.25, 0.3) is 10.8 Å². The first-order chi connectivity index (χ1) is 17.5. The van der Waals surface area contributed by atoms with E-state index in [1.165, 1.54) is 49.6 Å². The molecule has 0 aromatic heterocycles. The summed E-state index contributed by atoms with van der Waals surface area (Å²) in [6, 6.07) is 19.3. The second-order valence-electron chi connectivity index (χ2n) is 7.97. The highest BCUT2D eigenvalue weighted by molar-refractivity contribution is 7.85. The van der Waals surface area contributed by atoms with Gasteiger partial charge in [-0.1, -0.05) is 24.3 Å². The first kappa shape index (κ1) is 25.4. The minimum Gasteiger partial charge on any atom is -0.497 e. The van der Waals surface area contributed by atoms with Crippen LogP contribution in [-0.4, -0.2) is 37.8 Å². The van der Waals surface area contributed by atoms with Crippen LogP contribution in [0.5, 0.6) is 5.75 Å². The Kier molecular flexibility index (Phi) is 6.92. The van der Waals surface area contributed by atoms with E-state index in [-0.39, 0.29) is 21.7 Å². The molecule has 0 aliphatic rings. The van der Waals surface area contributed by atoms with Gasteiger partial charge in [-0.05, 0) is 60.0 Å². The number of primary amides is 1. The summed E-state index contributed by atoms with van der Waals surface area (Å²) in [7, 11) is -2.92. The van der Waals surface area contributed by atoms with E-state index in [0.717, 1.165) is 0 Å². The van der Waals surface area contributed by atoms with Gasteiger partial charge in [0, 0.05) is 33.5 Å². The normalized spacial score (nSPS) is 11.1. The Morgan fingerprint density at radius 3 is 2.22 bits per heavy atom. The van der Waals surface area contributed by atoms with Crippen molar-refractivity contribution < 1.29 is 32.1 Å². The van der Waals surface area contributed by atoms with E-state index in [1.807, 2.05) is 0 Å². The number of carbonyl (C=O) groups excluding carboxylic acids is 3. The predicted octanol–water partition coefficient (Wildman–Crippen LogP) is 3.70. The Bertz CT molecular complexity index is 1670. The lowest BCUT2D eigenvalue weighted by Crippen LogP contribution is -2.18. The first-order valence-corrected chi connectivity index (χ1v) is 12.2. The summed E-state index contributed by atoms with van der Waals surface area (Å²) in [6.45, 7) is 0. The van der Waals surface area contributed by atoms with Gasteiger partial charge >= 0.3 is 0 Å². The maximum Gasteiger partial charge on any atom is 0.294 e. The van der Waals surface area contributed by atoms with Crippen molar-refractivity contribution in [2.24, 2.45) is 5.73 Å². The van der Waals surface area contributed by atoms with Gasteiger partial charge < -0.3 is 21.1 Å². The van der Waals surface area contributed by atoms with Gasteiger partial charge in [-0.25, -0.2) is 0 Å². The van der Waals surface area contributed by atoms with Crippen molar-refractivity contribution in [3.8, 4) is 5.75 Å². The number of anilines is 2. The van der Waals surface area contributed by atoms with Crippen molar-refractivity contribution in [2.75, 3.05) is 17.7 Å². The Hall–Kier alpha value is -4.74. The molecular formula is C26H21N3O7S. The van der Waals surface area contributed by atoms with E-state index in [0.29, 0.717) is 27.8 Å². The zero-order chi connectivity index (χ0) is 26.7. The number of methoxy groups -OCH3 is 1. The van der Waals surface area contributed by atoms with Crippen LogP contribution in [0.15, 0.2) is 83.8 Å². The average Bonchev–Trinajstić information content (AvgIpc) is 2.87. The van der Waals surface area contributed by atoms with Crippen LogP contribution in [0.2, 0.25) is 0 Å². The van der Waals surface area contributed by atoms with Crippen LogP contribution in [0.4, 0.5) is 11.4 Å². The van der Waals surface area contributed by atoms with Gasteiger partial charge in [0.15, 0.2) is 0 Å². The minimum absolute atomic E-state index is 0.00399. The maximum atomic E-state index is 13.1. The molecule has 0 fully saturated rings. The van der Waals surface area contributed by atoms with Crippen LogP contribution >= 0.6 is 0 Å². The van der Waals surface area contributed by atoms with Crippen molar-refractivity contribution >= 4 is 50.0 Å². The number of hydrogen-bond donors (Lipinski definition) is 4. The van der Waals surface area contributed by atoms with E-state index in [4.69, 9.17) is 10.5 Å². The molecule has 0 spiro atoms. The van der Waals surface area contributed by atoms with Crippen LogP contribution < -0.4 is 21.1 Å². The van der Waals surface area contributed by atoms with Gasteiger partial charge in [-0.3, -0.25) is 18.9 Å². The summed E-state index contributed by atoms with van der Waals surface area (Å²) in [6.07, 6.45) is 0. The summed E-state index contributed by atoms with van der Waals surface area (Å²) in [5.74, 6) is -1.41. The van der Waals surface area contributed by atoms with E-state index < -0.39 is 27.8 Å². The van der Waals surface area contributed by atoms with Crippen LogP contribution in [0, 0.1) is 0 Å². The molecule has 0 radical (unpaired) electrons. The summed E-state index contributed by atoms with van der Waals surface area (Å²) in [5.41, 5.74) is 6.32. The summed E-state index contributed by atoms with van der Waals surface area (Å²) >= 11 is 0. The number of benzene rings is 4. The first-order valence-electron chi connectivity index (χ1n) is 10.8. The molecular weight excluding hydrogens is 498 g/mol. The third kappa shape index (κ3) is 5.74. The molecule has 3 amide bonds. The Morgan fingerprint density at radius 1 is 0.811 bits per heavy atom. The highest BCUT2D eigenvalue weighted by Gasteiger charge is 2.16. The number of rotatable bonds is 7. The molecule has 188 valence electrons. The molecule has 4 rings (SSSR count). The van der Waals surface area contributed by atoms with Gasteiger partial charge in [-0.2, -0.15) is 8.42 Å².